The first-order valence-corrected chi connectivity index (χ1v) is 6.70. The van der Waals surface area contributed by atoms with E-state index in [1.807, 2.05) is 37.3 Å². The van der Waals surface area contributed by atoms with Crippen molar-refractivity contribution >= 4 is 11.9 Å². The smallest absolute Gasteiger partial charge is 0.352 e. The molecule has 1 aromatic carbocycles. The van der Waals surface area contributed by atoms with Crippen molar-refractivity contribution in [2.75, 3.05) is 0 Å². The van der Waals surface area contributed by atoms with Crippen LogP contribution in [0.4, 0.5) is 0 Å². The van der Waals surface area contributed by atoms with Crippen molar-refractivity contribution in [2.24, 2.45) is 0 Å². The van der Waals surface area contributed by atoms with E-state index in [1.165, 1.54) is 0 Å². The number of rotatable bonds is 5. The zero-order chi connectivity index (χ0) is 15.4. The maximum absolute atomic E-state index is 12.2. The van der Waals surface area contributed by atoms with Crippen molar-refractivity contribution < 1.29 is 19.4 Å². The third kappa shape index (κ3) is 3.13. The minimum atomic E-state index is -1.07. The summed E-state index contributed by atoms with van der Waals surface area (Å²) < 4.78 is 5.28. The quantitative estimate of drug-likeness (QED) is 0.829. The molecule has 5 nitrogen and oxygen atoms in total. The van der Waals surface area contributed by atoms with Gasteiger partial charge < -0.3 is 14.8 Å². The van der Waals surface area contributed by atoms with Gasteiger partial charge in [0.05, 0.1) is 5.56 Å². The van der Waals surface area contributed by atoms with Crippen LogP contribution in [-0.2, 0) is 17.8 Å². The number of H-pyrrole nitrogens is 1. The van der Waals surface area contributed by atoms with Crippen LogP contribution in [-0.4, -0.2) is 22.0 Å². The zero-order valence-electron chi connectivity index (χ0n) is 12.0. The monoisotopic (exact) mass is 287 g/mol. The average molecular weight is 287 g/mol. The minimum absolute atomic E-state index is 0.0571. The molecule has 0 fully saturated rings. The molecule has 0 aliphatic carbocycles. The van der Waals surface area contributed by atoms with E-state index in [1.54, 1.807) is 6.92 Å². The Hall–Kier alpha value is -2.56. The average Bonchev–Trinajstić information content (AvgIpc) is 2.82. The maximum Gasteiger partial charge on any atom is 0.352 e. The molecule has 2 N–H and O–H groups in total. The molecule has 2 aromatic rings. The number of aromatic carboxylic acids is 1. The van der Waals surface area contributed by atoms with Gasteiger partial charge >= 0.3 is 11.9 Å². The van der Waals surface area contributed by atoms with E-state index >= 15 is 0 Å². The number of carboxylic acids is 1. The van der Waals surface area contributed by atoms with Gasteiger partial charge in [-0.25, -0.2) is 9.59 Å². The Morgan fingerprint density at radius 3 is 2.48 bits per heavy atom. The molecule has 1 heterocycles. The summed E-state index contributed by atoms with van der Waals surface area (Å²) in [6.07, 6.45) is 0.446. The summed E-state index contributed by atoms with van der Waals surface area (Å²) in [7, 11) is 0. The van der Waals surface area contributed by atoms with Crippen LogP contribution >= 0.6 is 0 Å². The Labute approximate surface area is 122 Å². The molecule has 21 heavy (non-hydrogen) atoms. The van der Waals surface area contributed by atoms with E-state index in [9.17, 15) is 9.59 Å². The first kappa shape index (κ1) is 14.8. The maximum atomic E-state index is 12.2. The Kier molecular flexibility index (Phi) is 4.42. The summed E-state index contributed by atoms with van der Waals surface area (Å²) in [5.74, 6) is -1.57. The number of carboxylic acid groups (broad SMARTS) is 1. The third-order valence-corrected chi connectivity index (χ3v) is 3.28. The number of nitrogens with one attached hydrogen (secondary N) is 1. The summed E-state index contributed by atoms with van der Waals surface area (Å²) >= 11 is 0. The molecule has 1 aromatic heterocycles. The predicted octanol–water partition coefficient (Wildman–Crippen LogP) is 2.94. The fraction of sp³-hybridized carbons (Fsp3) is 0.250. The zero-order valence-corrected chi connectivity index (χ0v) is 12.0. The van der Waals surface area contributed by atoms with Gasteiger partial charge in [0.1, 0.15) is 12.3 Å². The Morgan fingerprint density at radius 2 is 1.90 bits per heavy atom. The molecule has 0 saturated heterocycles. The number of carbonyl (C=O) groups is 2. The number of aryl methyl sites for hydroxylation is 1. The number of esters is 1. The highest BCUT2D eigenvalue weighted by molar-refractivity contribution is 5.98. The first-order chi connectivity index (χ1) is 10.0. The fourth-order valence-corrected chi connectivity index (χ4v) is 2.28. The van der Waals surface area contributed by atoms with Gasteiger partial charge in [0.2, 0.25) is 0 Å². The van der Waals surface area contributed by atoms with Crippen LogP contribution in [0.2, 0.25) is 0 Å². The van der Waals surface area contributed by atoms with Crippen molar-refractivity contribution in [3.8, 4) is 0 Å². The number of hydrogen-bond acceptors (Lipinski definition) is 3. The lowest BCUT2D eigenvalue weighted by molar-refractivity contribution is 0.0471. The second-order valence-corrected chi connectivity index (χ2v) is 4.70. The van der Waals surface area contributed by atoms with E-state index in [0.29, 0.717) is 23.2 Å². The Bertz CT molecular complexity index is 658. The van der Waals surface area contributed by atoms with Crippen molar-refractivity contribution in [3.63, 3.8) is 0 Å². The number of benzene rings is 1. The van der Waals surface area contributed by atoms with Gasteiger partial charge in [-0.05, 0) is 24.5 Å². The van der Waals surface area contributed by atoms with Gasteiger partial charge in [-0.3, -0.25) is 0 Å². The van der Waals surface area contributed by atoms with Crippen LogP contribution in [0.15, 0.2) is 30.3 Å². The third-order valence-electron chi connectivity index (χ3n) is 3.28. The van der Waals surface area contributed by atoms with Crippen LogP contribution in [0, 0.1) is 6.92 Å². The van der Waals surface area contributed by atoms with Crippen LogP contribution in [0.1, 0.15) is 44.6 Å². The number of carbonyl (C=O) groups excluding carboxylic acids is 1. The normalized spacial score (nSPS) is 10.4. The molecular weight excluding hydrogens is 270 g/mol. The van der Waals surface area contributed by atoms with Crippen molar-refractivity contribution in [1.82, 2.24) is 4.98 Å². The second kappa shape index (κ2) is 6.26. The van der Waals surface area contributed by atoms with Gasteiger partial charge in [0, 0.05) is 5.69 Å². The lowest BCUT2D eigenvalue weighted by Crippen LogP contribution is -2.09. The van der Waals surface area contributed by atoms with Crippen LogP contribution in [0.25, 0.3) is 0 Å². The van der Waals surface area contributed by atoms with E-state index in [4.69, 9.17) is 9.84 Å². The highest BCUT2D eigenvalue weighted by atomic mass is 16.5. The molecule has 2 rings (SSSR count). The van der Waals surface area contributed by atoms with Gasteiger partial charge in [0.25, 0.3) is 0 Å². The van der Waals surface area contributed by atoms with Crippen molar-refractivity contribution in [2.45, 2.75) is 26.9 Å². The van der Waals surface area contributed by atoms with Gasteiger partial charge in [0.15, 0.2) is 0 Å². The molecular formula is C16H17NO4. The fourth-order valence-electron chi connectivity index (χ4n) is 2.28. The standard InChI is InChI=1S/C16H17NO4/c1-3-12-13(10(2)17-14(12)15(18)19)16(20)21-9-11-7-5-4-6-8-11/h4-8,17H,3,9H2,1-2H3,(H,18,19). The first-order valence-electron chi connectivity index (χ1n) is 6.70. The molecule has 0 spiro atoms. The Morgan fingerprint density at radius 1 is 1.24 bits per heavy atom. The summed E-state index contributed by atoms with van der Waals surface area (Å²) in [5, 5.41) is 9.14. The van der Waals surface area contributed by atoms with Crippen molar-refractivity contribution in [3.05, 3.63) is 58.4 Å². The highest BCUT2D eigenvalue weighted by Crippen LogP contribution is 2.21. The highest BCUT2D eigenvalue weighted by Gasteiger charge is 2.24. The largest absolute Gasteiger partial charge is 0.477 e. The lowest BCUT2D eigenvalue weighted by atomic mass is 10.1. The minimum Gasteiger partial charge on any atom is -0.477 e. The Balaban J connectivity index is 2.21. The van der Waals surface area contributed by atoms with Crippen LogP contribution in [0.3, 0.4) is 0 Å². The number of hydrogen-bond donors (Lipinski definition) is 2. The van der Waals surface area contributed by atoms with Gasteiger partial charge in [-0.15, -0.1) is 0 Å². The second-order valence-electron chi connectivity index (χ2n) is 4.70. The lowest BCUT2D eigenvalue weighted by Gasteiger charge is -2.06. The number of ether oxygens (including phenoxy) is 1. The molecule has 0 radical (unpaired) electrons. The SMILES string of the molecule is CCc1c(C(=O)O)[nH]c(C)c1C(=O)OCc1ccccc1. The molecule has 0 bridgehead atoms. The number of aromatic amines is 1. The molecule has 0 unspecified atom stereocenters. The van der Waals surface area contributed by atoms with Gasteiger partial charge in [-0.1, -0.05) is 37.3 Å². The summed E-state index contributed by atoms with van der Waals surface area (Å²) in [4.78, 5) is 26.1. The predicted molar refractivity (Wildman–Crippen MR) is 77.4 cm³/mol. The van der Waals surface area contributed by atoms with E-state index < -0.39 is 11.9 Å². The molecule has 0 amide bonds. The topological polar surface area (TPSA) is 79.4 Å². The summed E-state index contributed by atoms with van der Waals surface area (Å²) in [6.45, 7) is 3.64. The van der Waals surface area contributed by atoms with Crippen LogP contribution < -0.4 is 0 Å². The summed E-state index contributed by atoms with van der Waals surface area (Å²) in [5.41, 5.74) is 2.27. The number of aromatic nitrogens is 1. The van der Waals surface area contributed by atoms with E-state index in [-0.39, 0.29) is 12.3 Å². The molecule has 0 aliphatic heterocycles. The van der Waals surface area contributed by atoms with Gasteiger partial charge in [-0.2, -0.15) is 0 Å². The van der Waals surface area contributed by atoms with E-state index in [0.717, 1.165) is 5.56 Å². The molecule has 0 atom stereocenters. The molecule has 0 saturated carbocycles. The summed E-state index contributed by atoms with van der Waals surface area (Å²) in [6, 6.07) is 9.34. The molecule has 0 aliphatic rings. The molecule has 110 valence electrons. The molecule has 5 heteroatoms. The van der Waals surface area contributed by atoms with Crippen LogP contribution in [0.5, 0.6) is 0 Å². The van der Waals surface area contributed by atoms with Crippen molar-refractivity contribution in [1.29, 1.82) is 0 Å². The van der Waals surface area contributed by atoms with E-state index in [2.05, 4.69) is 4.98 Å².